The molecule has 0 radical (unpaired) electrons. The molecule has 1 rings (SSSR count). The van der Waals surface area contributed by atoms with Crippen molar-refractivity contribution in [3.63, 3.8) is 0 Å². The lowest BCUT2D eigenvalue weighted by molar-refractivity contribution is -0.385. The molecule has 0 amide bonds. The Kier molecular flexibility index (Phi) is 5.03. The molecule has 0 unspecified atom stereocenters. The SMILES string of the molecule is C=C(Cc1ccc(Br)cc1[N+](=O)[O-])C(=O)OCC. The fraction of sp³-hybridized carbons (Fsp3) is 0.250. The van der Waals surface area contributed by atoms with Gasteiger partial charge in [-0.05, 0) is 13.0 Å². The van der Waals surface area contributed by atoms with Gasteiger partial charge in [-0.15, -0.1) is 0 Å². The lowest BCUT2D eigenvalue weighted by Gasteiger charge is -2.06. The van der Waals surface area contributed by atoms with E-state index in [0.717, 1.165) is 0 Å². The molecule has 18 heavy (non-hydrogen) atoms. The molecule has 0 aliphatic rings. The van der Waals surface area contributed by atoms with E-state index in [-0.39, 0.29) is 24.3 Å². The molecule has 0 N–H and O–H groups in total. The standard InChI is InChI=1S/C12H12BrNO4/c1-3-18-12(15)8(2)6-9-4-5-10(13)7-11(9)14(16)17/h4-5,7H,2-3,6H2,1H3. The zero-order valence-electron chi connectivity index (χ0n) is 9.81. The highest BCUT2D eigenvalue weighted by Gasteiger charge is 2.17. The molecule has 6 heteroatoms. The van der Waals surface area contributed by atoms with Gasteiger partial charge in [0.25, 0.3) is 5.69 Å². The van der Waals surface area contributed by atoms with Crippen LogP contribution in [0.2, 0.25) is 0 Å². The number of nitrogens with zero attached hydrogens (tertiary/aromatic N) is 1. The Hall–Kier alpha value is -1.69. The van der Waals surface area contributed by atoms with Gasteiger partial charge in [-0.25, -0.2) is 4.79 Å². The minimum absolute atomic E-state index is 0.0465. The quantitative estimate of drug-likeness (QED) is 0.362. The van der Waals surface area contributed by atoms with Crippen LogP contribution in [0.5, 0.6) is 0 Å². The predicted octanol–water partition coefficient (Wildman–Crippen LogP) is 3.02. The second kappa shape index (κ2) is 6.30. The molecule has 1 aromatic rings. The van der Waals surface area contributed by atoms with E-state index < -0.39 is 10.9 Å². The third kappa shape index (κ3) is 3.66. The highest BCUT2D eigenvalue weighted by atomic mass is 79.9. The smallest absolute Gasteiger partial charge is 0.333 e. The molecule has 0 saturated heterocycles. The van der Waals surface area contributed by atoms with Crippen LogP contribution in [0.1, 0.15) is 12.5 Å². The summed E-state index contributed by atoms with van der Waals surface area (Å²) in [7, 11) is 0. The first kappa shape index (κ1) is 14.4. The molecular formula is C12H12BrNO4. The number of halogens is 1. The first-order chi connectivity index (χ1) is 8.45. The van der Waals surface area contributed by atoms with Gasteiger partial charge in [-0.3, -0.25) is 10.1 Å². The molecule has 5 nitrogen and oxygen atoms in total. The molecule has 0 aliphatic heterocycles. The van der Waals surface area contributed by atoms with Crippen LogP contribution in [-0.2, 0) is 16.0 Å². The van der Waals surface area contributed by atoms with Crippen LogP contribution < -0.4 is 0 Å². The van der Waals surface area contributed by atoms with Gasteiger partial charge in [-0.1, -0.05) is 28.6 Å². The van der Waals surface area contributed by atoms with Gasteiger partial charge in [0.1, 0.15) is 0 Å². The van der Waals surface area contributed by atoms with Crippen LogP contribution in [0.3, 0.4) is 0 Å². The summed E-state index contributed by atoms with van der Waals surface area (Å²) in [6.45, 7) is 5.52. The van der Waals surface area contributed by atoms with Crippen molar-refractivity contribution >= 4 is 27.6 Å². The van der Waals surface area contributed by atoms with Gasteiger partial charge in [0.2, 0.25) is 0 Å². The topological polar surface area (TPSA) is 69.4 Å². The normalized spacial score (nSPS) is 9.89. The van der Waals surface area contributed by atoms with Crippen molar-refractivity contribution < 1.29 is 14.5 Å². The number of esters is 1. The molecule has 0 aromatic heterocycles. The number of nitro benzene ring substituents is 1. The van der Waals surface area contributed by atoms with Gasteiger partial charge in [0.05, 0.1) is 11.5 Å². The molecule has 96 valence electrons. The minimum Gasteiger partial charge on any atom is -0.463 e. The maximum absolute atomic E-state index is 11.4. The summed E-state index contributed by atoms with van der Waals surface area (Å²) in [5.41, 5.74) is 0.582. The van der Waals surface area contributed by atoms with E-state index in [0.29, 0.717) is 10.0 Å². The molecule has 0 spiro atoms. The summed E-state index contributed by atoms with van der Waals surface area (Å²) in [6.07, 6.45) is 0.0996. The van der Waals surface area contributed by atoms with Crippen LogP contribution in [-0.4, -0.2) is 17.5 Å². The second-order valence-corrected chi connectivity index (χ2v) is 4.45. The van der Waals surface area contributed by atoms with E-state index in [9.17, 15) is 14.9 Å². The second-order valence-electron chi connectivity index (χ2n) is 3.53. The number of carbonyl (C=O) groups is 1. The molecule has 0 saturated carbocycles. The lowest BCUT2D eigenvalue weighted by atomic mass is 10.0. The lowest BCUT2D eigenvalue weighted by Crippen LogP contribution is -2.09. The predicted molar refractivity (Wildman–Crippen MR) is 70.3 cm³/mol. The maximum atomic E-state index is 11.4. The molecule has 0 aliphatic carbocycles. The maximum Gasteiger partial charge on any atom is 0.333 e. The van der Waals surface area contributed by atoms with Crippen LogP contribution in [0.25, 0.3) is 0 Å². The summed E-state index contributed by atoms with van der Waals surface area (Å²) in [6, 6.07) is 4.67. The average Bonchev–Trinajstić information content (AvgIpc) is 2.31. The number of nitro groups is 1. The third-order valence-electron chi connectivity index (χ3n) is 2.21. The first-order valence-electron chi connectivity index (χ1n) is 5.23. The van der Waals surface area contributed by atoms with Gasteiger partial charge >= 0.3 is 5.97 Å². The summed E-state index contributed by atoms with van der Waals surface area (Å²) in [5, 5.41) is 10.9. The van der Waals surface area contributed by atoms with Crippen LogP contribution in [0.15, 0.2) is 34.8 Å². The molecule has 0 fully saturated rings. The Morgan fingerprint density at radius 2 is 2.22 bits per heavy atom. The summed E-state index contributed by atoms with van der Waals surface area (Å²) >= 11 is 3.17. The summed E-state index contributed by atoms with van der Waals surface area (Å²) < 4.78 is 5.39. The van der Waals surface area contributed by atoms with Gasteiger partial charge in [0, 0.05) is 28.1 Å². The number of ether oxygens (including phenoxy) is 1. The fourth-order valence-corrected chi connectivity index (χ4v) is 1.74. The molecule has 0 heterocycles. The van der Waals surface area contributed by atoms with Crippen molar-refractivity contribution in [2.45, 2.75) is 13.3 Å². The number of hydrogen-bond donors (Lipinski definition) is 0. The highest BCUT2D eigenvalue weighted by molar-refractivity contribution is 9.10. The minimum atomic E-state index is -0.533. The van der Waals surface area contributed by atoms with Crippen molar-refractivity contribution in [2.24, 2.45) is 0 Å². The Bertz CT molecular complexity index is 499. The van der Waals surface area contributed by atoms with E-state index >= 15 is 0 Å². The van der Waals surface area contributed by atoms with Gasteiger partial charge in [-0.2, -0.15) is 0 Å². The van der Waals surface area contributed by atoms with Crippen molar-refractivity contribution in [3.8, 4) is 0 Å². The van der Waals surface area contributed by atoms with Crippen molar-refractivity contribution in [2.75, 3.05) is 6.61 Å². The third-order valence-corrected chi connectivity index (χ3v) is 2.71. The largest absolute Gasteiger partial charge is 0.463 e. The van der Waals surface area contributed by atoms with E-state index in [1.165, 1.54) is 6.07 Å². The van der Waals surface area contributed by atoms with Crippen molar-refractivity contribution in [1.82, 2.24) is 0 Å². The Labute approximate surface area is 113 Å². The molecule has 1 aromatic carbocycles. The number of rotatable bonds is 5. The van der Waals surface area contributed by atoms with E-state index in [1.807, 2.05) is 0 Å². The zero-order chi connectivity index (χ0) is 13.7. The Balaban J connectivity index is 2.94. The number of hydrogen-bond acceptors (Lipinski definition) is 4. The summed E-state index contributed by atoms with van der Waals surface area (Å²) in [5.74, 6) is -0.533. The highest BCUT2D eigenvalue weighted by Crippen LogP contribution is 2.25. The first-order valence-corrected chi connectivity index (χ1v) is 6.02. The fourth-order valence-electron chi connectivity index (χ4n) is 1.39. The van der Waals surface area contributed by atoms with E-state index in [1.54, 1.807) is 19.1 Å². The van der Waals surface area contributed by atoms with Crippen molar-refractivity contribution in [3.05, 3.63) is 50.5 Å². The Morgan fingerprint density at radius 3 is 2.78 bits per heavy atom. The van der Waals surface area contributed by atoms with Crippen molar-refractivity contribution in [1.29, 1.82) is 0 Å². The van der Waals surface area contributed by atoms with E-state index in [4.69, 9.17) is 4.74 Å². The zero-order valence-corrected chi connectivity index (χ0v) is 11.4. The number of benzene rings is 1. The van der Waals surface area contributed by atoms with Crippen LogP contribution in [0, 0.1) is 10.1 Å². The van der Waals surface area contributed by atoms with Crippen LogP contribution >= 0.6 is 15.9 Å². The molecular weight excluding hydrogens is 302 g/mol. The monoisotopic (exact) mass is 313 g/mol. The number of carbonyl (C=O) groups excluding carboxylic acids is 1. The van der Waals surface area contributed by atoms with Gasteiger partial charge < -0.3 is 4.74 Å². The summed E-state index contributed by atoms with van der Waals surface area (Å²) in [4.78, 5) is 21.8. The Morgan fingerprint density at radius 1 is 1.56 bits per heavy atom. The molecule has 0 atom stereocenters. The average molecular weight is 314 g/mol. The van der Waals surface area contributed by atoms with Crippen LogP contribution in [0.4, 0.5) is 5.69 Å². The van der Waals surface area contributed by atoms with E-state index in [2.05, 4.69) is 22.5 Å². The van der Waals surface area contributed by atoms with Gasteiger partial charge in [0.15, 0.2) is 0 Å². The molecule has 0 bridgehead atoms.